The molecular weight excluding hydrogens is 333 g/mol. The summed E-state index contributed by atoms with van der Waals surface area (Å²) < 4.78 is 37.6. The van der Waals surface area contributed by atoms with E-state index < -0.39 is 28.7 Å². The summed E-state index contributed by atoms with van der Waals surface area (Å²) in [6.07, 6.45) is -3.00. The normalized spacial score (nSPS) is 10.7. The summed E-state index contributed by atoms with van der Waals surface area (Å²) >= 11 is 6.56. The van der Waals surface area contributed by atoms with Crippen LogP contribution in [0.15, 0.2) is 6.07 Å². The highest BCUT2D eigenvalue weighted by Gasteiger charge is 2.21. The predicted molar refractivity (Wildman–Crippen MR) is 52.1 cm³/mol. The number of halogens is 5. The molecule has 0 bridgehead atoms. The Hall–Kier alpha value is -0.370. The molecule has 0 aliphatic heterocycles. The summed E-state index contributed by atoms with van der Waals surface area (Å²) in [5, 5.41) is -1.19. The lowest BCUT2D eigenvalue weighted by Gasteiger charge is -2.04. The van der Waals surface area contributed by atoms with E-state index in [2.05, 4.69) is 4.98 Å². The van der Waals surface area contributed by atoms with Gasteiger partial charge < -0.3 is 0 Å². The zero-order valence-electron chi connectivity index (χ0n) is 6.40. The van der Waals surface area contributed by atoms with Gasteiger partial charge in [-0.3, -0.25) is 4.79 Å². The van der Waals surface area contributed by atoms with Crippen molar-refractivity contribution < 1.29 is 18.0 Å². The molecule has 14 heavy (non-hydrogen) atoms. The molecule has 0 saturated carbocycles. The van der Waals surface area contributed by atoms with Crippen molar-refractivity contribution in [1.29, 1.82) is 0 Å². The van der Waals surface area contributed by atoms with E-state index in [1.165, 1.54) is 0 Å². The lowest BCUT2D eigenvalue weighted by molar-refractivity contribution is 0.107. The first kappa shape index (κ1) is 11.7. The molecule has 0 spiro atoms. The fourth-order valence-electron chi connectivity index (χ4n) is 0.806. The van der Waals surface area contributed by atoms with Crippen LogP contribution in [0.3, 0.4) is 0 Å². The van der Waals surface area contributed by atoms with Crippen LogP contribution in [0.2, 0.25) is 0 Å². The van der Waals surface area contributed by atoms with Gasteiger partial charge in [0.15, 0.2) is 11.5 Å². The number of nitrogens with zero attached hydrogens (tertiary/aromatic N) is 1. The lowest BCUT2D eigenvalue weighted by atomic mass is 10.2. The third kappa shape index (κ3) is 2.35. The Labute approximate surface area is 95.6 Å². The van der Waals surface area contributed by atoms with Crippen LogP contribution in [0.5, 0.6) is 0 Å². The largest absolute Gasteiger partial charge is 0.274 e. The van der Waals surface area contributed by atoms with Gasteiger partial charge in [0.25, 0.3) is 11.7 Å². The van der Waals surface area contributed by atoms with Crippen molar-refractivity contribution in [2.45, 2.75) is 6.43 Å². The number of alkyl halides is 2. The highest BCUT2D eigenvalue weighted by molar-refractivity contribution is 14.1. The van der Waals surface area contributed by atoms with Crippen molar-refractivity contribution in [3.05, 3.63) is 26.8 Å². The van der Waals surface area contributed by atoms with Gasteiger partial charge in [-0.15, -0.1) is 0 Å². The summed E-state index contributed by atoms with van der Waals surface area (Å²) in [6, 6.07) is 0.865. The standard InChI is InChI=1S/C7H2ClF3INO/c8-6(14)5-4(9)2(7(10)11)1-3(12)13-5/h1,7H. The second-order valence-corrected chi connectivity index (χ2v) is 3.72. The zero-order valence-corrected chi connectivity index (χ0v) is 9.31. The van der Waals surface area contributed by atoms with Gasteiger partial charge in [-0.25, -0.2) is 18.2 Å². The minimum Gasteiger partial charge on any atom is -0.274 e. The molecule has 76 valence electrons. The molecular formula is C7H2ClF3INO. The Bertz CT molecular complexity index is 385. The Balaban J connectivity index is 3.40. The molecule has 1 aromatic rings. The van der Waals surface area contributed by atoms with E-state index in [0.717, 1.165) is 6.07 Å². The maximum Gasteiger partial charge on any atom is 0.273 e. The second kappa shape index (κ2) is 4.43. The molecule has 0 amide bonds. The average molecular weight is 335 g/mol. The molecule has 0 N–H and O–H groups in total. The first-order chi connectivity index (χ1) is 6.43. The number of hydrogen-bond donors (Lipinski definition) is 0. The van der Waals surface area contributed by atoms with Crippen LogP contribution >= 0.6 is 34.2 Å². The maximum atomic E-state index is 13.1. The Kier molecular flexibility index (Phi) is 3.71. The number of pyridine rings is 1. The molecule has 0 aliphatic carbocycles. The fourth-order valence-corrected chi connectivity index (χ4v) is 1.51. The summed E-state index contributed by atoms with van der Waals surface area (Å²) in [6.45, 7) is 0. The molecule has 0 aromatic carbocycles. The van der Waals surface area contributed by atoms with E-state index in [9.17, 15) is 18.0 Å². The van der Waals surface area contributed by atoms with Crippen molar-refractivity contribution in [3.8, 4) is 0 Å². The van der Waals surface area contributed by atoms with Crippen molar-refractivity contribution in [3.63, 3.8) is 0 Å². The number of rotatable bonds is 2. The molecule has 0 saturated heterocycles. The summed E-state index contributed by atoms with van der Waals surface area (Å²) in [7, 11) is 0. The number of hydrogen-bond acceptors (Lipinski definition) is 2. The van der Waals surface area contributed by atoms with Crippen molar-refractivity contribution >= 4 is 39.4 Å². The van der Waals surface area contributed by atoms with Gasteiger partial charge >= 0.3 is 0 Å². The Morgan fingerprint density at radius 1 is 1.57 bits per heavy atom. The second-order valence-electron chi connectivity index (χ2n) is 2.27. The van der Waals surface area contributed by atoms with Crippen LogP contribution in [-0.4, -0.2) is 10.2 Å². The molecule has 0 aliphatic rings. The average Bonchev–Trinajstić information content (AvgIpc) is 2.07. The van der Waals surface area contributed by atoms with Crippen LogP contribution in [0.25, 0.3) is 0 Å². The molecule has 0 fully saturated rings. The van der Waals surface area contributed by atoms with E-state index in [1.54, 1.807) is 22.6 Å². The topological polar surface area (TPSA) is 30.0 Å². The zero-order chi connectivity index (χ0) is 10.9. The Morgan fingerprint density at radius 2 is 2.14 bits per heavy atom. The van der Waals surface area contributed by atoms with E-state index in [1.807, 2.05) is 0 Å². The van der Waals surface area contributed by atoms with E-state index in [-0.39, 0.29) is 3.70 Å². The first-order valence-corrected chi connectivity index (χ1v) is 4.73. The number of carbonyl (C=O) groups excluding carboxylic acids is 1. The monoisotopic (exact) mass is 335 g/mol. The predicted octanol–water partition coefficient (Wildman–Crippen LogP) is 3.14. The minimum absolute atomic E-state index is 0.0864. The molecule has 0 unspecified atom stereocenters. The summed E-state index contributed by atoms with van der Waals surface area (Å²) in [5.41, 5.74) is -1.64. The minimum atomic E-state index is -3.00. The molecule has 2 nitrogen and oxygen atoms in total. The molecule has 1 aromatic heterocycles. The van der Waals surface area contributed by atoms with Gasteiger partial charge in [0.2, 0.25) is 0 Å². The van der Waals surface area contributed by atoms with E-state index in [4.69, 9.17) is 11.6 Å². The maximum absolute atomic E-state index is 13.1. The summed E-state index contributed by atoms with van der Waals surface area (Å²) in [5.74, 6) is -1.36. The van der Waals surface area contributed by atoms with Gasteiger partial charge in [0.05, 0.1) is 5.56 Å². The van der Waals surface area contributed by atoms with Crippen LogP contribution < -0.4 is 0 Å². The number of carbonyl (C=O) groups is 1. The Morgan fingerprint density at radius 3 is 2.57 bits per heavy atom. The number of aromatic nitrogens is 1. The van der Waals surface area contributed by atoms with Gasteiger partial charge in [-0.2, -0.15) is 0 Å². The van der Waals surface area contributed by atoms with Crippen LogP contribution in [-0.2, 0) is 0 Å². The van der Waals surface area contributed by atoms with Crippen LogP contribution in [0, 0.1) is 9.52 Å². The quantitative estimate of drug-likeness (QED) is 0.472. The highest BCUT2D eigenvalue weighted by Crippen LogP contribution is 2.25. The van der Waals surface area contributed by atoms with Crippen molar-refractivity contribution in [2.24, 2.45) is 0 Å². The van der Waals surface area contributed by atoms with E-state index in [0.29, 0.717) is 0 Å². The molecule has 7 heteroatoms. The van der Waals surface area contributed by atoms with Gasteiger partial charge in [0, 0.05) is 0 Å². The SMILES string of the molecule is O=C(Cl)c1nc(I)cc(C(F)F)c1F. The van der Waals surface area contributed by atoms with Crippen LogP contribution in [0.1, 0.15) is 22.5 Å². The lowest BCUT2D eigenvalue weighted by Crippen LogP contribution is -2.05. The van der Waals surface area contributed by atoms with Gasteiger partial charge in [-0.05, 0) is 40.3 Å². The third-order valence-corrected chi connectivity index (χ3v) is 2.11. The van der Waals surface area contributed by atoms with Gasteiger partial charge in [-0.1, -0.05) is 0 Å². The molecule has 0 atom stereocenters. The third-order valence-electron chi connectivity index (χ3n) is 1.38. The molecule has 1 heterocycles. The van der Waals surface area contributed by atoms with Crippen LogP contribution in [0.4, 0.5) is 13.2 Å². The smallest absolute Gasteiger partial charge is 0.273 e. The van der Waals surface area contributed by atoms with Gasteiger partial charge in [0.1, 0.15) is 3.70 Å². The van der Waals surface area contributed by atoms with Crippen molar-refractivity contribution in [2.75, 3.05) is 0 Å². The first-order valence-electron chi connectivity index (χ1n) is 3.27. The molecule has 1 rings (SSSR count). The summed E-state index contributed by atoms with van der Waals surface area (Å²) in [4.78, 5) is 14.0. The van der Waals surface area contributed by atoms with E-state index >= 15 is 0 Å². The molecule has 0 radical (unpaired) electrons. The fraction of sp³-hybridized carbons (Fsp3) is 0.143. The highest BCUT2D eigenvalue weighted by atomic mass is 127. The van der Waals surface area contributed by atoms with Crippen molar-refractivity contribution in [1.82, 2.24) is 4.98 Å².